The van der Waals surface area contributed by atoms with Crippen LogP contribution in [-0.2, 0) is 16.3 Å². The molecule has 0 N–H and O–H groups in total. The lowest BCUT2D eigenvalue weighted by Crippen LogP contribution is -2.51. The summed E-state index contributed by atoms with van der Waals surface area (Å²) in [6.45, 7) is 4.67. The van der Waals surface area contributed by atoms with Gasteiger partial charge < -0.3 is 4.90 Å². The summed E-state index contributed by atoms with van der Waals surface area (Å²) in [6.07, 6.45) is 2.67. The fourth-order valence-electron chi connectivity index (χ4n) is 3.22. The quantitative estimate of drug-likeness (QED) is 0.804. The van der Waals surface area contributed by atoms with Crippen LogP contribution < -0.4 is 4.90 Å². The summed E-state index contributed by atoms with van der Waals surface area (Å²) in [5, 5.41) is 0. The van der Waals surface area contributed by atoms with Crippen LogP contribution in [0.5, 0.6) is 0 Å². The molecule has 1 unspecified atom stereocenters. The van der Waals surface area contributed by atoms with Crippen molar-refractivity contribution in [3.8, 4) is 0 Å². The largest absolute Gasteiger partial charge is 0.352 e. The van der Waals surface area contributed by atoms with Gasteiger partial charge in [0.1, 0.15) is 6.33 Å². The summed E-state index contributed by atoms with van der Waals surface area (Å²) in [6, 6.07) is 0.119. The average Bonchev–Trinajstić information content (AvgIpc) is 2.88. The predicted octanol–water partition coefficient (Wildman–Crippen LogP) is 0.487. The van der Waals surface area contributed by atoms with Gasteiger partial charge in [-0.05, 0) is 12.8 Å². The maximum absolute atomic E-state index is 14.3. The van der Waals surface area contributed by atoms with Gasteiger partial charge in [0.15, 0.2) is 21.5 Å². The number of hydrogen-bond donors (Lipinski definition) is 0. The second-order valence-electron chi connectivity index (χ2n) is 5.89. The van der Waals surface area contributed by atoms with Crippen LogP contribution >= 0.6 is 0 Å². The van der Waals surface area contributed by atoms with Crippen molar-refractivity contribution in [3.05, 3.63) is 17.8 Å². The molecule has 0 radical (unpaired) electrons. The zero-order valence-electron chi connectivity index (χ0n) is 12.7. The second-order valence-corrected chi connectivity index (χ2v) is 8.12. The van der Waals surface area contributed by atoms with Gasteiger partial charge >= 0.3 is 0 Å². The van der Waals surface area contributed by atoms with Crippen molar-refractivity contribution >= 4 is 15.7 Å². The van der Waals surface area contributed by atoms with E-state index in [2.05, 4.69) is 14.9 Å². The number of rotatable bonds is 3. The first kappa shape index (κ1) is 15.6. The molecular formula is C14H21FN4O2S. The summed E-state index contributed by atoms with van der Waals surface area (Å²) < 4.78 is 37.5. The van der Waals surface area contributed by atoms with Gasteiger partial charge in [0.25, 0.3) is 0 Å². The molecule has 122 valence electrons. The lowest BCUT2D eigenvalue weighted by Gasteiger charge is -2.38. The number of nitrogens with zero attached hydrogens (tertiary/aromatic N) is 4. The van der Waals surface area contributed by atoms with E-state index in [1.54, 1.807) is 0 Å². The Morgan fingerprint density at radius 3 is 2.59 bits per heavy atom. The van der Waals surface area contributed by atoms with E-state index in [0.29, 0.717) is 37.4 Å². The van der Waals surface area contributed by atoms with Crippen LogP contribution in [0.25, 0.3) is 0 Å². The molecule has 3 heterocycles. The lowest BCUT2D eigenvalue weighted by molar-refractivity contribution is 0.199. The molecular weight excluding hydrogens is 307 g/mol. The van der Waals surface area contributed by atoms with E-state index < -0.39 is 9.84 Å². The zero-order valence-corrected chi connectivity index (χ0v) is 13.5. The van der Waals surface area contributed by atoms with Crippen molar-refractivity contribution in [3.63, 3.8) is 0 Å². The standard InChI is InChI=1S/C14H21FN4O2S/c1-2-12-13(15)14(17-10-16-12)19-6-4-18(5-7-19)11-3-8-22(20,21)9-11/h10-11H,2-9H2,1H3. The lowest BCUT2D eigenvalue weighted by atomic mass is 10.2. The predicted molar refractivity (Wildman–Crippen MR) is 82.2 cm³/mol. The Hall–Kier alpha value is -1.28. The summed E-state index contributed by atoms with van der Waals surface area (Å²) >= 11 is 0. The number of halogens is 1. The molecule has 3 rings (SSSR count). The summed E-state index contributed by atoms with van der Waals surface area (Å²) in [5.74, 6) is 0.583. The maximum atomic E-state index is 14.3. The van der Waals surface area contributed by atoms with E-state index in [1.807, 2.05) is 11.8 Å². The van der Waals surface area contributed by atoms with Gasteiger partial charge in [-0.2, -0.15) is 0 Å². The summed E-state index contributed by atoms with van der Waals surface area (Å²) in [7, 11) is -2.86. The fourth-order valence-corrected chi connectivity index (χ4v) is 4.99. The first-order valence-electron chi connectivity index (χ1n) is 7.69. The molecule has 0 spiro atoms. The zero-order chi connectivity index (χ0) is 15.7. The number of aryl methyl sites for hydroxylation is 1. The highest BCUT2D eigenvalue weighted by molar-refractivity contribution is 7.91. The highest BCUT2D eigenvalue weighted by atomic mass is 32.2. The van der Waals surface area contributed by atoms with Gasteiger partial charge in [0.2, 0.25) is 0 Å². The van der Waals surface area contributed by atoms with Crippen LogP contribution in [-0.4, -0.2) is 67.0 Å². The molecule has 0 aliphatic carbocycles. The first-order chi connectivity index (χ1) is 10.5. The van der Waals surface area contributed by atoms with Crippen LogP contribution in [0.3, 0.4) is 0 Å². The number of piperazine rings is 1. The Labute approximate surface area is 130 Å². The van der Waals surface area contributed by atoms with E-state index in [4.69, 9.17) is 0 Å². The Kier molecular flexibility index (Phi) is 4.31. The SMILES string of the molecule is CCc1ncnc(N2CCN(C3CCS(=O)(=O)C3)CC2)c1F. The topological polar surface area (TPSA) is 66.4 Å². The summed E-state index contributed by atoms with van der Waals surface area (Å²) in [4.78, 5) is 12.2. The van der Waals surface area contributed by atoms with Crippen molar-refractivity contribution in [2.45, 2.75) is 25.8 Å². The normalized spacial score (nSPS) is 25.5. The molecule has 22 heavy (non-hydrogen) atoms. The summed E-state index contributed by atoms with van der Waals surface area (Å²) in [5.41, 5.74) is 0.439. The van der Waals surface area contributed by atoms with Gasteiger partial charge in [0.05, 0.1) is 17.2 Å². The molecule has 0 aromatic carbocycles. The van der Waals surface area contributed by atoms with Crippen LogP contribution in [0.4, 0.5) is 10.2 Å². The molecule has 2 aliphatic rings. The molecule has 6 nitrogen and oxygen atoms in total. The molecule has 1 atom stereocenters. The molecule has 1 aromatic rings. The van der Waals surface area contributed by atoms with Crippen molar-refractivity contribution in [1.29, 1.82) is 0 Å². The van der Waals surface area contributed by atoms with E-state index in [0.717, 1.165) is 13.1 Å². The highest BCUT2D eigenvalue weighted by Gasteiger charge is 2.34. The van der Waals surface area contributed by atoms with Crippen LogP contribution in [0, 0.1) is 5.82 Å². The minimum absolute atomic E-state index is 0.119. The van der Waals surface area contributed by atoms with Gasteiger partial charge in [-0.15, -0.1) is 0 Å². The van der Waals surface area contributed by atoms with E-state index in [-0.39, 0.29) is 23.4 Å². The van der Waals surface area contributed by atoms with Gasteiger partial charge in [-0.25, -0.2) is 22.8 Å². The van der Waals surface area contributed by atoms with Crippen LogP contribution in [0.15, 0.2) is 6.33 Å². The molecule has 8 heteroatoms. The third kappa shape index (κ3) is 3.08. The molecule has 2 saturated heterocycles. The van der Waals surface area contributed by atoms with E-state index in [9.17, 15) is 12.8 Å². The molecule has 2 fully saturated rings. The molecule has 0 saturated carbocycles. The van der Waals surface area contributed by atoms with Crippen LogP contribution in [0.2, 0.25) is 0 Å². The molecule has 2 aliphatic heterocycles. The number of sulfone groups is 1. The van der Waals surface area contributed by atoms with E-state index in [1.165, 1.54) is 6.33 Å². The third-order valence-electron chi connectivity index (χ3n) is 4.52. The van der Waals surface area contributed by atoms with Gasteiger partial charge in [0, 0.05) is 32.2 Å². The van der Waals surface area contributed by atoms with E-state index >= 15 is 0 Å². The van der Waals surface area contributed by atoms with Crippen molar-refractivity contribution in [2.24, 2.45) is 0 Å². The fraction of sp³-hybridized carbons (Fsp3) is 0.714. The van der Waals surface area contributed by atoms with Gasteiger partial charge in [-0.3, -0.25) is 4.90 Å². The van der Waals surface area contributed by atoms with Crippen molar-refractivity contribution in [2.75, 3.05) is 42.6 Å². The maximum Gasteiger partial charge on any atom is 0.187 e. The third-order valence-corrected chi connectivity index (χ3v) is 6.27. The minimum atomic E-state index is -2.86. The second kappa shape index (κ2) is 6.08. The number of anilines is 1. The first-order valence-corrected chi connectivity index (χ1v) is 9.51. The van der Waals surface area contributed by atoms with Crippen molar-refractivity contribution in [1.82, 2.24) is 14.9 Å². The Morgan fingerprint density at radius 1 is 1.27 bits per heavy atom. The Balaban J connectivity index is 1.65. The number of hydrogen-bond acceptors (Lipinski definition) is 6. The van der Waals surface area contributed by atoms with Crippen molar-refractivity contribution < 1.29 is 12.8 Å². The van der Waals surface area contributed by atoms with Gasteiger partial charge in [-0.1, -0.05) is 6.92 Å². The van der Waals surface area contributed by atoms with Crippen LogP contribution in [0.1, 0.15) is 19.0 Å². The molecule has 0 bridgehead atoms. The molecule has 0 amide bonds. The Morgan fingerprint density at radius 2 is 2.00 bits per heavy atom. The Bertz CT molecular complexity index is 644. The molecule has 1 aromatic heterocycles. The monoisotopic (exact) mass is 328 g/mol. The highest BCUT2D eigenvalue weighted by Crippen LogP contribution is 2.23. The number of aromatic nitrogens is 2. The minimum Gasteiger partial charge on any atom is -0.352 e. The smallest absolute Gasteiger partial charge is 0.187 e. The average molecular weight is 328 g/mol.